The van der Waals surface area contributed by atoms with Crippen LogP contribution in [0.3, 0.4) is 0 Å². The number of hydrogen-bond acceptors (Lipinski definition) is 4. The lowest BCUT2D eigenvalue weighted by Crippen LogP contribution is -2.44. The molecule has 1 atom stereocenters. The maximum Gasteiger partial charge on any atom is 0.256 e. The number of anilines is 1. The van der Waals surface area contributed by atoms with Crippen LogP contribution in [0.15, 0.2) is 24.3 Å². The van der Waals surface area contributed by atoms with E-state index in [1.807, 2.05) is 38.1 Å². The second kappa shape index (κ2) is 8.87. The van der Waals surface area contributed by atoms with E-state index in [9.17, 15) is 4.79 Å². The third-order valence-corrected chi connectivity index (χ3v) is 5.45. The Hall–Kier alpha value is -1.59. The van der Waals surface area contributed by atoms with Gasteiger partial charge in [0.25, 0.3) is 5.91 Å². The summed E-state index contributed by atoms with van der Waals surface area (Å²) in [6.07, 6.45) is 5.84. The maximum absolute atomic E-state index is 12.7. The van der Waals surface area contributed by atoms with E-state index in [4.69, 9.17) is 9.47 Å². The standard InChI is InChI=1S/C21H32N2O3/c1-3-26-21(2,17-7-8-17)20(24)22-18-9-11-19(12-10-18)25-16-6-15-23-13-4-5-14-23/h9-12,17H,3-8,13-16H2,1-2H3,(H,22,24)/t21-/m1/s1. The Bertz CT molecular complexity index is 579. The van der Waals surface area contributed by atoms with Gasteiger partial charge in [0.05, 0.1) is 6.61 Å². The maximum atomic E-state index is 12.7. The second-order valence-corrected chi connectivity index (χ2v) is 7.54. The number of rotatable bonds is 10. The number of carbonyl (C=O) groups is 1. The highest BCUT2D eigenvalue weighted by atomic mass is 16.5. The molecule has 0 radical (unpaired) electrons. The zero-order valence-corrected chi connectivity index (χ0v) is 16.1. The fraction of sp³-hybridized carbons (Fsp3) is 0.667. The van der Waals surface area contributed by atoms with Gasteiger partial charge in [-0.05, 0) is 89.2 Å². The molecule has 5 heteroatoms. The molecule has 1 aromatic carbocycles. The van der Waals surface area contributed by atoms with E-state index in [-0.39, 0.29) is 5.91 Å². The van der Waals surface area contributed by atoms with Crippen LogP contribution >= 0.6 is 0 Å². The molecular formula is C21H32N2O3. The summed E-state index contributed by atoms with van der Waals surface area (Å²) in [5.74, 6) is 1.13. The molecule has 144 valence electrons. The minimum Gasteiger partial charge on any atom is -0.494 e. The average Bonchev–Trinajstić information content (AvgIpc) is 3.38. The number of hydrogen-bond donors (Lipinski definition) is 1. The highest BCUT2D eigenvalue weighted by Gasteiger charge is 2.48. The van der Waals surface area contributed by atoms with Gasteiger partial charge in [-0.2, -0.15) is 0 Å². The predicted molar refractivity (Wildman–Crippen MR) is 104 cm³/mol. The normalized spacial score (nSPS) is 19.9. The largest absolute Gasteiger partial charge is 0.494 e. The summed E-state index contributed by atoms with van der Waals surface area (Å²) >= 11 is 0. The minimum absolute atomic E-state index is 0.0545. The van der Waals surface area contributed by atoms with Crippen molar-refractivity contribution in [1.82, 2.24) is 4.90 Å². The lowest BCUT2D eigenvalue weighted by Gasteiger charge is -2.28. The van der Waals surface area contributed by atoms with E-state index in [1.54, 1.807) is 0 Å². The van der Waals surface area contributed by atoms with Gasteiger partial charge < -0.3 is 19.7 Å². The molecule has 1 amide bonds. The highest BCUT2D eigenvalue weighted by molar-refractivity contribution is 5.97. The Labute approximate surface area is 157 Å². The number of ether oxygens (including phenoxy) is 2. The molecule has 2 aliphatic rings. The summed E-state index contributed by atoms with van der Waals surface area (Å²) in [6, 6.07) is 7.63. The van der Waals surface area contributed by atoms with Crippen molar-refractivity contribution in [2.24, 2.45) is 5.92 Å². The summed E-state index contributed by atoms with van der Waals surface area (Å²) in [7, 11) is 0. The Kier molecular flexibility index (Phi) is 6.54. The Morgan fingerprint density at radius 3 is 2.54 bits per heavy atom. The van der Waals surface area contributed by atoms with Crippen molar-refractivity contribution < 1.29 is 14.3 Å². The number of amides is 1. The van der Waals surface area contributed by atoms with Crippen LogP contribution in [-0.4, -0.2) is 49.3 Å². The zero-order valence-electron chi connectivity index (χ0n) is 16.1. The third kappa shape index (κ3) is 4.98. The van der Waals surface area contributed by atoms with Crippen LogP contribution in [0.4, 0.5) is 5.69 Å². The molecule has 1 saturated carbocycles. The minimum atomic E-state index is -0.723. The van der Waals surface area contributed by atoms with Crippen molar-refractivity contribution in [2.45, 2.75) is 51.6 Å². The van der Waals surface area contributed by atoms with Crippen LogP contribution in [-0.2, 0) is 9.53 Å². The van der Waals surface area contributed by atoms with E-state index in [0.29, 0.717) is 12.5 Å². The molecule has 0 unspecified atom stereocenters. The van der Waals surface area contributed by atoms with E-state index in [0.717, 1.165) is 43.9 Å². The first kappa shape index (κ1) is 19.2. The molecule has 26 heavy (non-hydrogen) atoms. The summed E-state index contributed by atoms with van der Waals surface area (Å²) in [5.41, 5.74) is 0.0606. The van der Waals surface area contributed by atoms with Gasteiger partial charge in [-0.15, -0.1) is 0 Å². The average molecular weight is 360 g/mol. The molecule has 1 saturated heterocycles. The smallest absolute Gasteiger partial charge is 0.256 e. The Balaban J connectivity index is 1.44. The van der Waals surface area contributed by atoms with E-state index < -0.39 is 5.60 Å². The van der Waals surface area contributed by atoms with Gasteiger partial charge in [0.2, 0.25) is 0 Å². The van der Waals surface area contributed by atoms with Crippen molar-refractivity contribution in [2.75, 3.05) is 38.2 Å². The molecule has 2 fully saturated rings. The second-order valence-electron chi connectivity index (χ2n) is 7.54. The van der Waals surface area contributed by atoms with Gasteiger partial charge in [0.15, 0.2) is 0 Å². The molecule has 1 aromatic rings. The molecule has 0 aromatic heterocycles. The SMILES string of the molecule is CCO[C@@](C)(C(=O)Nc1ccc(OCCCN2CCCC2)cc1)C1CC1. The van der Waals surface area contributed by atoms with Gasteiger partial charge in [0.1, 0.15) is 11.4 Å². The molecular weight excluding hydrogens is 328 g/mol. The van der Waals surface area contributed by atoms with E-state index in [1.165, 1.54) is 25.9 Å². The van der Waals surface area contributed by atoms with Crippen molar-refractivity contribution in [1.29, 1.82) is 0 Å². The zero-order chi connectivity index (χ0) is 18.4. The number of benzene rings is 1. The lowest BCUT2D eigenvalue weighted by molar-refractivity contribution is -0.141. The first-order valence-electron chi connectivity index (χ1n) is 10.0. The Morgan fingerprint density at radius 1 is 1.23 bits per heavy atom. The van der Waals surface area contributed by atoms with Gasteiger partial charge in [0, 0.05) is 18.8 Å². The van der Waals surface area contributed by atoms with Crippen molar-refractivity contribution >= 4 is 11.6 Å². The molecule has 1 heterocycles. The molecule has 1 aliphatic heterocycles. The summed E-state index contributed by atoms with van der Waals surface area (Å²) in [6.45, 7) is 8.69. The molecule has 3 rings (SSSR count). The molecule has 1 aliphatic carbocycles. The van der Waals surface area contributed by atoms with Crippen LogP contribution in [0.25, 0.3) is 0 Å². The van der Waals surface area contributed by atoms with Crippen molar-refractivity contribution in [3.8, 4) is 5.75 Å². The van der Waals surface area contributed by atoms with Gasteiger partial charge in [-0.3, -0.25) is 4.79 Å². The summed E-state index contributed by atoms with van der Waals surface area (Å²) in [5, 5.41) is 2.99. The van der Waals surface area contributed by atoms with Crippen LogP contribution in [0.1, 0.15) is 46.0 Å². The Morgan fingerprint density at radius 2 is 1.92 bits per heavy atom. The van der Waals surface area contributed by atoms with Gasteiger partial charge >= 0.3 is 0 Å². The van der Waals surface area contributed by atoms with Crippen LogP contribution < -0.4 is 10.1 Å². The molecule has 0 bridgehead atoms. The predicted octanol–water partition coefficient (Wildman–Crippen LogP) is 3.70. The monoisotopic (exact) mass is 360 g/mol. The lowest BCUT2D eigenvalue weighted by atomic mass is 9.99. The third-order valence-electron chi connectivity index (χ3n) is 5.45. The van der Waals surface area contributed by atoms with Crippen molar-refractivity contribution in [3.05, 3.63) is 24.3 Å². The van der Waals surface area contributed by atoms with E-state index >= 15 is 0 Å². The number of nitrogens with one attached hydrogen (secondary N) is 1. The number of carbonyl (C=O) groups excluding carboxylic acids is 1. The quantitative estimate of drug-likeness (QED) is 0.647. The highest BCUT2D eigenvalue weighted by Crippen LogP contribution is 2.42. The van der Waals surface area contributed by atoms with Gasteiger partial charge in [-0.25, -0.2) is 0 Å². The molecule has 0 spiro atoms. The summed E-state index contributed by atoms with van der Waals surface area (Å²) < 4.78 is 11.6. The van der Waals surface area contributed by atoms with E-state index in [2.05, 4.69) is 10.2 Å². The number of likely N-dealkylation sites (tertiary alicyclic amines) is 1. The van der Waals surface area contributed by atoms with Crippen molar-refractivity contribution in [3.63, 3.8) is 0 Å². The number of nitrogens with zero attached hydrogens (tertiary/aromatic N) is 1. The fourth-order valence-electron chi connectivity index (χ4n) is 3.68. The molecule has 1 N–H and O–H groups in total. The topological polar surface area (TPSA) is 50.8 Å². The first-order valence-corrected chi connectivity index (χ1v) is 10.0. The van der Waals surface area contributed by atoms with Crippen LogP contribution in [0.2, 0.25) is 0 Å². The molecule has 5 nitrogen and oxygen atoms in total. The summed E-state index contributed by atoms with van der Waals surface area (Å²) in [4.78, 5) is 15.2. The van der Waals surface area contributed by atoms with Crippen LogP contribution in [0.5, 0.6) is 5.75 Å². The first-order chi connectivity index (χ1) is 12.6. The fourth-order valence-corrected chi connectivity index (χ4v) is 3.68. The van der Waals surface area contributed by atoms with Gasteiger partial charge in [-0.1, -0.05) is 0 Å². The van der Waals surface area contributed by atoms with Crippen LogP contribution in [0, 0.1) is 5.92 Å².